The van der Waals surface area contributed by atoms with Gasteiger partial charge < -0.3 is 29.1 Å². The predicted molar refractivity (Wildman–Crippen MR) is 129 cm³/mol. The monoisotopic (exact) mass is 474 g/mol. The molecule has 0 fully saturated rings. The summed E-state index contributed by atoms with van der Waals surface area (Å²) < 4.78 is 22.0. The van der Waals surface area contributed by atoms with E-state index in [0.717, 1.165) is 0 Å². The third kappa shape index (κ3) is 4.93. The highest BCUT2D eigenvalue weighted by atomic mass is 16.5. The van der Waals surface area contributed by atoms with E-state index in [1.165, 1.54) is 45.6 Å². The lowest BCUT2D eigenvalue weighted by Gasteiger charge is -2.12. The Bertz CT molecular complexity index is 1470. The largest absolute Gasteiger partial charge is 0.497 e. The van der Waals surface area contributed by atoms with E-state index in [4.69, 9.17) is 23.7 Å². The number of methoxy groups -OCH3 is 3. The van der Waals surface area contributed by atoms with Gasteiger partial charge in [0, 0.05) is 11.5 Å². The Morgan fingerprint density at radius 1 is 0.886 bits per heavy atom. The molecular formula is C26H22N2O7. The predicted octanol–water partition coefficient (Wildman–Crippen LogP) is 4.64. The Labute approximate surface area is 200 Å². The van der Waals surface area contributed by atoms with Crippen molar-refractivity contribution >= 4 is 34.2 Å². The number of anilines is 1. The van der Waals surface area contributed by atoms with Gasteiger partial charge in [-0.2, -0.15) is 0 Å². The van der Waals surface area contributed by atoms with E-state index < -0.39 is 11.9 Å². The lowest BCUT2D eigenvalue weighted by atomic mass is 10.1. The fourth-order valence-electron chi connectivity index (χ4n) is 3.43. The summed E-state index contributed by atoms with van der Waals surface area (Å²) in [6.45, 7) is 0. The number of nitrogens with one attached hydrogen (secondary N) is 1. The van der Waals surface area contributed by atoms with Gasteiger partial charge in [0.15, 0.2) is 11.3 Å². The van der Waals surface area contributed by atoms with Crippen molar-refractivity contribution in [2.45, 2.75) is 0 Å². The summed E-state index contributed by atoms with van der Waals surface area (Å²) in [7, 11) is 4.54. The summed E-state index contributed by atoms with van der Waals surface area (Å²) in [6.07, 6.45) is 0. The molecule has 0 saturated heterocycles. The first-order chi connectivity index (χ1) is 16.9. The maximum atomic E-state index is 13.4. The van der Waals surface area contributed by atoms with Crippen LogP contribution in [-0.2, 0) is 0 Å². The fourth-order valence-corrected chi connectivity index (χ4v) is 3.43. The third-order valence-corrected chi connectivity index (χ3v) is 5.20. The van der Waals surface area contributed by atoms with Crippen molar-refractivity contribution in [3.8, 4) is 17.2 Å². The molecule has 1 aromatic heterocycles. The molecule has 9 nitrogen and oxygen atoms in total. The maximum absolute atomic E-state index is 13.4. The molecule has 0 radical (unpaired) electrons. The average molecular weight is 474 g/mol. The second-order valence-corrected chi connectivity index (χ2v) is 7.33. The van der Waals surface area contributed by atoms with Crippen LogP contribution in [0.3, 0.4) is 0 Å². The molecule has 0 bridgehead atoms. The number of ether oxygens (including phenoxy) is 3. The molecule has 0 atom stereocenters. The minimum Gasteiger partial charge on any atom is -0.497 e. The number of carbonyl (C=O) groups is 2. The van der Waals surface area contributed by atoms with Crippen molar-refractivity contribution in [1.82, 2.24) is 0 Å². The van der Waals surface area contributed by atoms with Crippen LogP contribution in [0, 0.1) is 0 Å². The van der Waals surface area contributed by atoms with Crippen molar-refractivity contribution < 1.29 is 33.3 Å². The van der Waals surface area contributed by atoms with Crippen LogP contribution in [0.15, 0.2) is 76.1 Å². The zero-order chi connectivity index (χ0) is 24.9. The molecule has 0 saturated carbocycles. The lowest BCUT2D eigenvalue weighted by Crippen LogP contribution is -2.22. The van der Waals surface area contributed by atoms with Crippen molar-refractivity contribution in [2.24, 2.45) is 4.99 Å². The molecule has 1 heterocycles. The second-order valence-electron chi connectivity index (χ2n) is 7.33. The van der Waals surface area contributed by atoms with E-state index in [-0.39, 0.29) is 16.7 Å². The summed E-state index contributed by atoms with van der Waals surface area (Å²) >= 11 is 0. The van der Waals surface area contributed by atoms with Crippen molar-refractivity contribution in [1.29, 1.82) is 0 Å². The number of amides is 1. The van der Waals surface area contributed by atoms with Gasteiger partial charge in [0.05, 0.1) is 38.3 Å². The lowest BCUT2D eigenvalue weighted by molar-refractivity contribution is 0.0696. The summed E-state index contributed by atoms with van der Waals surface area (Å²) in [4.78, 5) is 29.0. The molecule has 0 unspecified atom stereocenters. The van der Waals surface area contributed by atoms with Crippen LogP contribution in [0.4, 0.5) is 11.4 Å². The standard InChI is InChI=1S/C26H22N2O7/c1-32-18-11-12-21(33-2)20(14-18)28-24(29)19-13-16-5-4-6-22(34-3)23(16)35-25(19)27-17-9-7-15(8-10-17)26(30)31/h4-14H,1-3H3,(H,28,29)(H,30,31). The Morgan fingerprint density at radius 2 is 1.63 bits per heavy atom. The highest BCUT2D eigenvalue weighted by Crippen LogP contribution is 2.30. The Morgan fingerprint density at radius 3 is 2.29 bits per heavy atom. The second kappa shape index (κ2) is 10.0. The van der Waals surface area contributed by atoms with Gasteiger partial charge in [-0.15, -0.1) is 0 Å². The van der Waals surface area contributed by atoms with Crippen LogP contribution in [0.2, 0.25) is 0 Å². The fraction of sp³-hybridized carbons (Fsp3) is 0.115. The van der Waals surface area contributed by atoms with Crippen LogP contribution < -0.4 is 25.1 Å². The molecule has 4 rings (SSSR count). The average Bonchev–Trinajstić information content (AvgIpc) is 2.88. The number of benzene rings is 3. The normalized spacial score (nSPS) is 11.2. The van der Waals surface area contributed by atoms with E-state index in [0.29, 0.717) is 39.6 Å². The number of carboxylic acid groups (broad SMARTS) is 1. The number of carboxylic acids is 1. The molecule has 3 aromatic carbocycles. The molecule has 1 amide bonds. The summed E-state index contributed by atoms with van der Waals surface area (Å²) in [5.41, 5.74) is 1.50. The zero-order valence-electron chi connectivity index (χ0n) is 19.2. The van der Waals surface area contributed by atoms with Crippen LogP contribution in [0.1, 0.15) is 20.7 Å². The number of aromatic carboxylic acids is 1. The summed E-state index contributed by atoms with van der Waals surface area (Å²) in [6, 6.07) is 17.9. The molecule has 0 aliphatic carbocycles. The van der Waals surface area contributed by atoms with Gasteiger partial charge in [-0.05, 0) is 48.5 Å². The molecule has 0 aliphatic rings. The molecule has 0 aliphatic heterocycles. The number of nitrogens with zero attached hydrogens (tertiary/aromatic N) is 1. The highest BCUT2D eigenvalue weighted by Gasteiger charge is 2.17. The molecular weight excluding hydrogens is 452 g/mol. The van der Waals surface area contributed by atoms with Gasteiger partial charge in [0.1, 0.15) is 17.1 Å². The van der Waals surface area contributed by atoms with Crippen LogP contribution in [0.25, 0.3) is 11.0 Å². The molecule has 178 valence electrons. The van der Waals surface area contributed by atoms with E-state index >= 15 is 0 Å². The minimum atomic E-state index is -1.05. The van der Waals surface area contributed by atoms with Crippen LogP contribution >= 0.6 is 0 Å². The minimum absolute atomic E-state index is 0.0180. The Balaban J connectivity index is 1.86. The first-order valence-corrected chi connectivity index (χ1v) is 10.5. The van der Waals surface area contributed by atoms with Crippen molar-refractivity contribution in [2.75, 3.05) is 26.6 Å². The van der Waals surface area contributed by atoms with Gasteiger partial charge in [-0.1, -0.05) is 12.1 Å². The summed E-state index contributed by atoms with van der Waals surface area (Å²) in [5.74, 6) is -0.0877. The number of fused-ring (bicyclic) bond motifs is 1. The number of carbonyl (C=O) groups excluding carboxylic acids is 1. The van der Waals surface area contributed by atoms with Crippen molar-refractivity contribution in [3.63, 3.8) is 0 Å². The highest BCUT2D eigenvalue weighted by molar-refractivity contribution is 6.06. The van der Waals surface area contributed by atoms with E-state index in [1.807, 2.05) is 0 Å². The zero-order valence-corrected chi connectivity index (χ0v) is 19.2. The van der Waals surface area contributed by atoms with E-state index in [9.17, 15) is 9.59 Å². The number of rotatable bonds is 7. The first-order valence-electron chi connectivity index (χ1n) is 10.5. The van der Waals surface area contributed by atoms with Gasteiger partial charge in [-0.3, -0.25) is 4.79 Å². The maximum Gasteiger partial charge on any atom is 0.335 e. The SMILES string of the molecule is COc1ccc(OC)c(NC(=O)c2cc3cccc(OC)c3oc2=Nc2ccc(C(=O)O)cc2)c1. The quantitative estimate of drug-likeness (QED) is 0.400. The van der Waals surface area contributed by atoms with E-state index in [2.05, 4.69) is 10.3 Å². The van der Waals surface area contributed by atoms with Gasteiger partial charge in [0.2, 0.25) is 5.55 Å². The molecule has 2 N–H and O–H groups in total. The topological polar surface area (TPSA) is 120 Å². The smallest absolute Gasteiger partial charge is 0.335 e. The summed E-state index contributed by atoms with van der Waals surface area (Å²) in [5, 5.41) is 12.6. The first kappa shape index (κ1) is 23.4. The van der Waals surface area contributed by atoms with Gasteiger partial charge in [-0.25, -0.2) is 9.79 Å². The number of para-hydroxylation sites is 1. The molecule has 4 aromatic rings. The molecule has 9 heteroatoms. The van der Waals surface area contributed by atoms with Gasteiger partial charge >= 0.3 is 5.97 Å². The van der Waals surface area contributed by atoms with Crippen molar-refractivity contribution in [3.05, 3.63) is 83.4 Å². The molecule has 35 heavy (non-hydrogen) atoms. The van der Waals surface area contributed by atoms with Crippen LogP contribution in [-0.4, -0.2) is 38.3 Å². The number of hydrogen-bond donors (Lipinski definition) is 2. The third-order valence-electron chi connectivity index (χ3n) is 5.20. The number of hydrogen-bond acceptors (Lipinski definition) is 7. The Kier molecular flexibility index (Phi) is 6.68. The van der Waals surface area contributed by atoms with Gasteiger partial charge in [0.25, 0.3) is 5.91 Å². The Hall–Kier alpha value is -4.79. The van der Waals surface area contributed by atoms with Crippen LogP contribution in [0.5, 0.6) is 17.2 Å². The van der Waals surface area contributed by atoms with E-state index in [1.54, 1.807) is 42.5 Å². The molecule has 0 spiro atoms.